The van der Waals surface area contributed by atoms with Crippen LogP contribution in [0.3, 0.4) is 0 Å². The standard InChI is InChI=1S/C18H28N6O/c1-14(2)17(23-11-9-22(3)10-12-23)18-19-20-21-24(18)13-15-5-7-16(25-4)8-6-15/h5-8,14,17H,9-13H2,1-4H3/t17-/m0/s1. The first-order valence-electron chi connectivity index (χ1n) is 8.90. The summed E-state index contributed by atoms with van der Waals surface area (Å²) in [6.07, 6.45) is 0. The van der Waals surface area contributed by atoms with E-state index in [0.29, 0.717) is 12.5 Å². The Morgan fingerprint density at radius 3 is 2.36 bits per heavy atom. The predicted octanol–water partition coefficient (Wildman–Crippen LogP) is 1.67. The van der Waals surface area contributed by atoms with Gasteiger partial charge in [0, 0.05) is 26.2 Å². The number of aromatic nitrogens is 4. The average molecular weight is 344 g/mol. The van der Waals surface area contributed by atoms with Gasteiger partial charge in [-0.25, -0.2) is 4.68 Å². The third kappa shape index (κ3) is 4.16. The number of nitrogens with zero attached hydrogens (tertiary/aromatic N) is 6. The molecule has 0 radical (unpaired) electrons. The Balaban J connectivity index is 1.79. The predicted molar refractivity (Wildman–Crippen MR) is 96.6 cm³/mol. The fourth-order valence-electron chi connectivity index (χ4n) is 3.42. The molecule has 0 amide bonds. The summed E-state index contributed by atoms with van der Waals surface area (Å²) >= 11 is 0. The smallest absolute Gasteiger partial charge is 0.169 e. The fraction of sp³-hybridized carbons (Fsp3) is 0.611. The topological polar surface area (TPSA) is 59.3 Å². The summed E-state index contributed by atoms with van der Waals surface area (Å²) in [5.74, 6) is 2.26. The Bertz CT molecular complexity index is 660. The summed E-state index contributed by atoms with van der Waals surface area (Å²) < 4.78 is 7.16. The van der Waals surface area contributed by atoms with Gasteiger partial charge in [0.1, 0.15) is 5.75 Å². The minimum absolute atomic E-state index is 0.238. The Hall–Kier alpha value is -1.99. The Kier molecular flexibility index (Phi) is 5.65. The molecule has 0 bridgehead atoms. The van der Waals surface area contributed by atoms with Crippen LogP contribution in [0, 0.1) is 5.92 Å². The molecule has 1 aromatic heterocycles. The van der Waals surface area contributed by atoms with Crippen LogP contribution < -0.4 is 4.74 Å². The number of methoxy groups -OCH3 is 1. The van der Waals surface area contributed by atoms with Crippen molar-refractivity contribution in [1.82, 2.24) is 30.0 Å². The zero-order valence-electron chi connectivity index (χ0n) is 15.6. The van der Waals surface area contributed by atoms with Crippen LogP contribution in [0.15, 0.2) is 24.3 Å². The number of hydrogen-bond donors (Lipinski definition) is 0. The highest BCUT2D eigenvalue weighted by Crippen LogP contribution is 2.28. The third-order valence-electron chi connectivity index (χ3n) is 4.88. The highest BCUT2D eigenvalue weighted by Gasteiger charge is 2.30. The van der Waals surface area contributed by atoms with Crippen molar-refractivity contribution in [3.05, 3.63) is 35.7 Å². The van der Waals surface area contributed by atoms with Crippen molar-refractivity contribution in [2.45, 2.75) is 26.4 Å². The van der Waals surface area contributed by atoms with Crippen molar-refractivity contribution >= 4 is 0 Å². The number of likely N-dealkylation sites (N-methyl/N-ethyl adjacent to an activating group) is 1. The van der Waals surface area contributed by atoms with E-state index in [2.05, 4.69) is 58.4 Å². The molecular weight excluding hydrogens is 316 g/mol. The number of rotatable bonds is 6. The van der Waals surface area contributed by atoms with Gasteiger partial charge >= 0.3 is 0 Å². The van der Waals surface area contributed by atoms with E-state index in [1.807, 2.05) is 16.8 Å². The van der Waals surface area contributed by atoms with Gasteiger partial charge in [-0.1, -0.05) is 26.0 Å². The van der Waals surface area contributed by atoms with Crippen molar-refractivity contribution in [3.63, 3.8) is 0 Å². The van der Waals surface area contributed by atoms with E-state index in [1.54, 1.807) is 7.11 Å². The van der Waals surface area contributed by atoms with Crippen LogP contribution in [0.2, 0.25) is 0 Å². The lowest BCUT2D eigenvalue weighted by molar-refractivity contribution is 0.0812. The van der Waals surface area contributed by atoms with Gasteiger partial charge < -0.3 is 9.64 Å². The van der Waals surface area contributed by atoms with E-state index < -0.39 is 0 Å². The summed E-state index contributed by atoms with van der Waals surface area (Å²) in [5, 5.41) is 12.6. The SMILES string of the molecule is COc1ccc(Cn2nnnc2[C@H](C(C)C)N2CCN(C)CC2)cc1. The van der Waals surface area contributed by atoms with Crippen molar-refractivity contribution in [2.75, 3.05) is 40.3 Å². The maximum Gasteiger partial charge on any atom is 0.169 e. The highest BCUT2D eigenvalue weighted by molar-refractivity contribution is 5.27. The average Bonchev–Trinajstić information content (AvgIpc) is 3.05. The molecule has 1 fully saturated rings. The van der Waals surface area contributed by atoms with Gasteiger partial charge in [-0.15, -0.1) is 5.10 Å². The molecule has 1 aromatic carbocycles. The summed E-state index contributed by atoms with van der Waals surface area (Å²) in [4.78, 5) is 4.88. The van der Waals surface area contributed by atoms with Gasteiger partial charge in [0.2, 0.25) is 0 Å². The molecule has 1 aliphatic heterocycles. The molecule has 136 valence electrons. The summed E-state index contributed by atoms with van der Waals surface area (Å²) in [7, 11) is 3.85. The van der Waals surface area contributed by atoms with Crippen LogP contribution in [0.1, 0.15) is 31.3 Å². The van der Waals surface area contributed by atoms with Crippen molar-refractivity contribution in [2.24, 2.45) is 5.92 Å². The van der Waals surface area contributed by atoms with Crippen molar-refractivity contribution < 1.29 is 4.74 Å². The summed E-state index contributed by atoms with van der Waals surface area (Å²) in [6, 6.07) is 8.30. The number of tetrazole rings is 1. The molecule has 25 heavy (non-hydrogen) atoms. The lowest BCUT2D eigenvalue weighted by atomic mass is 10.0. The molecule has 2 heterocycles. The highest BCUT2D eigenvalue weighted by atomic mass is 16.5. The van der Waals surface area contributed by atoms with E-state index >= 15 is 0 Å². The second-order valence-corrected chi connectivity index (χ2v) is 7.07. The lowest BCUT2D eigenvalue weighted by Crippen LogP contribution is -2.47. The number of hydrogen-bond acceptors (Lipinski definition) is 6. The Morgan fingerprint density at radius 2 is 1.76 bits per heavy atom. The first kappa shape index (κ1) is 17.8. The first-order valence-corrected chi connectivity index (χ1v) is 8.90. The van der Waals surface area contributed by atoms with Crippen LogP contribution in [0.5, 0.6) is 5.75 Å². The van der Waals surface area contributed by atoms with Gasteiger partial charge in [0.15, 0.2) is 5.82 Å². The van der Waals surface area contributed by atoms with Gasteiger partial charge in [0.25, 0.3) is 0 Å². The molecule has 0 spiro atoms. The number of ether oxygens (including phenoxy) is 1. The van der Waals surface area contributed by atoms with Crippen molar-refractivity contribution in [3.8, 4) is 5.75 Å². The molecular formula is C18H28N6O. The lowest BCUT2D eigenvalue weighted by Gasteiger charge is -2.39. The minimum Gasteiger partial charge on any atom is -0.497 e. The molecule has 0 aliphatic carbocycles. The molecule has 2 aromatic rings. The van der Waals surface area contributed by atoms with Crippen LogP contribution in [0.4, 0.5) is 0 Å². The van der Waals surface area contributed by atoms with Crippen molar-refractivity contribution in [1.29, 1.82) is 0 Å². The maximum atomic E-state index is 5.23. The first-order chi connectivity index (χ1) is 12.1. The number of piperazine rings is 1. The van der Waals surface area contributed by atoms with Crippen LogP contribution in [-0.4, -0.2) is 70.3 Å². The number of benzene rings is 1. The minimum atomic E-state index is 0.238. The Labute approximate surface area is 149 Å². The molecule has 0 N–H and O–H groups in total. The second-order valence-electron chi connectivity index (χ2n) is 7.07. The second kappa shape index (κ2) is 7.93. The van der Waals surface area contributed by atoms with Crippen LogP contribution in [-0.2, 0) is 6.54 Å². The molecule has 7 heteroatoms. The molecule has 3 rings (SSSR count). The van der Waals surface area contributed by atoms with Gasteiger partial charge in [-0.2, -0.15) is 0 Å². The van der Waals surface area contributed by atoms with E-state index in [1.165, 1.54) is 0 Å². The van der Waals surface area contributed by atoms with Gasteiger partial charge in [-0.3, -0.25) is 4.90 Å². The summed E-state index contributed by atoms with van der Waals surface area (Å²) in [5.41, 5.74) is 1.16. The largest absolute Gasteiger partial charge is 0.497 e. The monoisotopic (exact) mass is 344 g/mol. The normalized spacial score (nSPS) is 17.8. The van der Waals surface area contributed by atoms with Crippen LogP contribution >= 0.6 is 0 Å². The van der Waals surface area contributed by atoms with Crippen LogP contribution in [0.25, 0.3) is 0 Å². The zero-order chi connectivity index (χ0) is 17.8. The van der Waals surface area contributed by atoms with E-state index in [0.717, 1.165) is 43.3 Å². The molecule has 1 saturated heterocycles. The quantitative estimate of drug-likeness (QED) is 0.795. The molecule has 0 unspecified atom stereocenters. The Morgan fingerprint density at radius 1 is 1.08 bits per heavy atom. The molecule has 1 aliphatic rings. The fourth-order valence-corrected chi connectivity index (χ4v) is 3.42. The van der Waals surface area contributed by atoms with E-state index in [9.17, 15) is 0 Å². The molecule has 7 nitrogen and oxygen atoms in total. The maximum absolute atomic E-state index is 5.23. The molecule has 1 atom stereocenters. The van der Waals surface area contributed by atoms with Gasteiger partial charge in [-0.05, 0) is 41.1 Å². The third-order valence-corrected chi connectivity index (χ3v) is 4.88. The van der Waals surface area contributed by atoms with Gasteiger partial charge in [0.05, 0.1) is 19.7 Å². The summed E-state index contributed by atoms with van der Waals surface area (Å²) in [6.45, 7) is 9.43. The van der Waals surface area contributed by atoms with E-state index in [4.69, 9.17) is 4.74 Å². The molecule has 0 saturated carbocycles. The van der Waals surface area contributed by atoms with E-state index in [-0.39, 0.29) is 6.04 Å². The zero-order valence-corrected chi connectivity index (χ0v) is 15.6.